The normalized spacial score (nSPS) is 11.7. The van der Waals surface area contributed by atoms with Crippen LogP contribution in [0.5, 0.6) is 5.75 Å². The van der Waals surface area contributed by atoms with E-state index in [1.807, 2.05) is 0 Å². The van der Waals surface area contributed by atoms with Gasteiger partial charge in [-0.25, -0.2) is 4.98 Å². The first-order chi connectivity index (χ1) is 13.3. The third kappa shape index (κ3) is 3.67. The van der Waals surface area contributed by atoms with Gasteiger partial charge in [-0.2, -0.15) is 0 Å². The number of amides is 1. The second kappa shape index (κ2) is 6.64. The summed E-state index contributed by atoms with van der Waals surface area (Å²) in [6.07, 6.45) is -4.80. The van der Waals surface area contributed by atoms with E-state index in [1.54, 1.807) is 24.3 Å². The highest BCUT2D eigenvalue weighted by atomic mass is 32.1. The summed E-state index contributed by atoms with van der Waals surface area (Å²) in [5, 5.41) is 2.96. The topological polar surface area (TPSA) is 81.4 Å². The number of rotatable bonds is 3. The van der Waals surface area contributed by atoms with Crippen LogP contribution in [-0.2, 0) is 0 Å². The molecular weight excluding hydrogens is 397 g/mol. The Morgan fingerprint density at radius 3 is 2.71 bits per heavy atom. The van der Waals surface area contributed by atoms with Crippen LogP contribution < -0.4 is 15.5 Å². The van der Waals surface area contributed by atoms with Crippen LogP contribution in [0.3, 0.4) is 0 Å². The molecule has 10 heteroatoms. The van der Waals surface area contributed by atoms with Crippen molar-refractivity contribution in [2.75, 3.05) is 5.32 Å². The number of nitrogens with zero attached hydrogens (tertiary/aromatic N) is 1. The molecule has 0 aliphatic rings. The summed E-state index contributed by atoms with van der Waals surface area (Å²) in [6, 6.07) is 11.2. The van der Waals surface area contributed by atoms with Gasteiger partial charge in [0.15, 0.2) is 16.3 Å². The molecule has 142 valence electrons. The van der Waals surface area contributed by atoms with Crippen molar-refractivity contribution in [1.82, 2.24) is 4.98 Å². The van der Waals surface area contributed by atoms with Crippen LogP contribution in [0.2, 0.25) is 0 Å². The lowest BCUT2D eigenvalue weighted by molar-refractivity contribution is -0.274. The number of nitrogens with one attached hydrogen (secondary N) is 1. The monoisotopic (exact) mass is 406 g/mol. The molecule has 0 radical (unpaired) electrons. The van der Waals surface area contributed by atoms with E-state index in [1.165, 1.54) is 12.1 Å². The van der Waals surface area contributed by atoms with Gasteiger partial charge in [-0.3, -0.25) is 14.9 Å². The second-order valence-corrected chi connectivity index (χ2v) is 6.65. The molecule has 4 aromatic rings. The number of hydrogen-bond donors (Lipinski definition) is 1. The van der Waals surface area contributed by atoms with Gasteiger partial charge >= 0.3 is 6.36 Å². The highest BCUT2D eigenvalue weighted by Crippen LogP contribution is 2.31. The molecule has 2 aromatic heterocycles. The van der Waals surface area contributed by atoms with Gasteiger partial charge in [0.25, 0.3) is 5.91 Å². The number of halogens is 3. The molecule has 0 spiro atoms. The number of para-hydroxylation sites is 1. The summed E-state index contributed by atoms with van der Waals surface area (Å²) < 4.78 is 46.7. The largest absolute Gasteiger partial charge is 0.573 e. The Bertz CT molecular complexity index is 1260. The fraction of sp³-hybridized carbons (Fsp3) is 0.0556. The lowest BCUT2D eigenvalue weighted by Gasteiger charge is -2.07. The van der Waals surface area contributed by atoms with Crippen LogP contribution in [0.1, 0.15) is 10.6 Å². The highest BCUT2D eigenvalue weighted by Gasteiger charge is 2.31. The predicted octanol–water partition coefficient (Wildman–Crippen LogP) is 4.55. The zero-order valence-electron chi connectivity index (χ0n) is 13.7. The van der Waals surface area contributed by atoms with Crippen molar-refractivity contribution in [3.05, 3.63) is 64.5 Å². The minimum absolute atomic E-state index is 0.139. The molecule has 2 heterocycles. The van der Waals surface area contributed by atoms with Crippen molar-refractivity contribution in [1.29, 1.82) is 0 Å². The molecular formula is C18H9F3N2O4S. The lowest BCUT2D eigenvalue weighted by atomic mass is 10.2. The first-order valence-corrected chi connectivity index (χ1v) is 8.61. The molecule has 0 saturated heterocycles. The van der Waals surface area contributed by atoms with Gasteiger partial charge in [-0.15, -0.1) is 13.2 Å². The number of carbonyl (C=O) groups excluding carboxylic acids is 1. The second-order valence-electron chi connectivity index (χ2n) is 5.62. The molecule has 1 N–H and O–H groups in total. The molecule has 6 nitrogen and oxygen atoms in total. The molecule has 0 fully saturated rings. The molecule has 2 aromatic carbocycles. The van der Waals surface area contributed by atoms with Crippen molar-refractivity contribution in [2.45, 2.75) is 6.36 Å². The van der Waals surface area contributed by atoms with Gasteiger partial charge in [0.05, 0.1) is 15.6 Å². The quantitative estimate of drug-likeness (QED) is 0.540. The Labute approximate surface area is 158 Å². The number of alkyl halides is 3. The molecule has 28 heavy (non-hydrogen) atoms. The maximum atomic E-state index is 12.4. The smallest absolute Gasteiger partial charge is 0.451 e. The van der Waals surface area contributed by atoms with Gasteiger partial charge in [0.2, 0.25) is 0 Å². The lowest BCUT2D eigenvalue weighted by Crippen LogP contribution is -2.16. The minimum Gasteiger partial charge on any atom is -0.451 e. The molecule has 0 aliphatic heterocycles. The molecule has 0 atom stereocenters. The first kappa shape index (κ1) is 18.0. The SMILES string of the molecule is O=C(Nc1nc2ccc(OC(F)(F)F)cc2s1)c1cc(=O)c2ccccc2o1. The number of hydrogen-bond acceptors (Lipinski definition) is 6. The number of carbonyl (C=O) groups is 1. The van der Waals surface area contributed by atoms with Crippen molar-refractivity contribution >= 4 is 43.6 Å². The van der Waals surface area contributed by atoms with Gasteiger partial charge in [0, 0.05) is 12.1 Å². The van der Waals surface area contributed by atoms with Crippen molar-refractivity contribution in [3.63, 3.8) is 0 Å². The summed E-state index contributed by atoms with van der Waals surface area (Å²) in [5.41, 5.74) is 0.276. The summed E-state index contributed by atoms with van der Waals surface area (Å²) >= 11 is 0.958. The molecule has 0 saturated carbocycles. The van der Waals surface area contributed by atoms with Crippen LogP contribution >= 0.6 is 11.3 Å². The maximum Gasteiger partial charge on any atom is 0.573 e. The fourth-order valence-corrected chi connectivity index (χ4v) is 3.42. The summed E-state index contributed by atoms with van der Waals surface area (Å²) in [4.78, 5) is 28.6. The molecule has 0 unspecified atom stereocenters. The number of fused-ring (bicyclic) bond motifs is 2. The van der Waals surface area contributed by atoms with Crippen molar-refractivity contribution < 1.29 is 27.1 Å². The maximum absolute atomic E-state index is 12.4. The third-order valence-corrected chi connectivity index (χ3v) is 4.61. The zero-order chi connectivity index (χ0) is 19.9. The van der Waals surface area contributed by atoms with Gasteiger partial charge in [-0.1, -0.05) is 23.5 Å². The van der Waals surface area contributed by atoms with Crippen molar-refractivity contribution in [2.24, 2.45) is 0 Å². The first-order valence-electron chi connectivity index (χ1n) is 7.79. The summed E-state index contributed by atoms with van der Waals surface area (Å²) in [6.45, 7) is 0. The van der Waals surface area contributed by atoms with Gasteiger partial charge < -0.3 is 9.15 Å². The molecule has 4 rings (SSSR count). The van der Waals surface area contributed by atoms with Gasteiger partial charge in [-0.05, 0) is 24.3 Å². The van der Waals surface area contributed by atoms with Crippen LogP contribution in [0.15, 0.2) is 57.7 Å². The van der Waals surface area contributed by atoms with E-state index >= 15 is 0 Å². The van der Waals surface area contributed by atoms with E-state index in [-0.39, 0.29) is 27.7 Å². The van der Waals surface area contributed by atoms with Gasteiger partial charge in [0.1, 0.15) is 11.3 Å². The number of aromatic nitrogens is 1. The van der Waals surface area contributed by atoms with E-state index in [0.717, 1.165) is 23.5 Å². The Hall–Kier alpha value is -3.40. The Balaban J connectivity index is 1.61. The summed E-state index contributed by atoms with van der Waals surface area (Å²) in [5.74, 6) is -1.29. The Kier molecular flexibility index (Phi) is 4.27. The molecule has 0 bridgehead atoms. The molecule has 1 amide bonds. The highest BCUT2D eigenvalue weighted by molar-refractivity contribution is 7.22. The zero-order valence-corrected chi connectivity index (χ0v) is 14.6. The minimum atomic E-state index is -4.80. The van der Waals surface area contributed by atoms with Crippen LogP contribution in [0.4, 0.5) is 18.3 Å². The Morgan fingerprint density at radius 2 is 1.93 bits per heavy atom. The van der Waals surface area contributed by atoms with E-state index in [2.05, 4.69) is 15.0 Å². The number of benzene rings is 2. The Morgan fingerprint density at radius 1 is 1.14 bits per heavy atom. The van der Waals surface area contributed by atoms with Crippen LogP contribution in [0, 0.1) is 0 Å². The van der Waals surface area contributed by atoms with E-state index in [9.17, 15) is 22.8 Å². The molecule has 0 aliphatic carbocycles. The summed E-state index contributed by atoms with van der Waals surface area (Å²) in [7, 11) is 0. The fourth-order valence-electron chi connectivity index (χ4n) is 2.53. The van der Waals surface area contributed by atoms with E-state index in [0.29, 0.717) is 15.6 Å². The van der Waals surface area contributed by atoms with Crippen LogP contribution in [-0.4, -0.2) is 17.3 Å². The third-order valence-electron chi connectivity index (χ3n) is 3.67. The standard InChI is InChI=1S/C18H9F3N2O4S/c19-18(20,21)27-9-5-6-11-15(7-9)28-17(22-11)23-16(25)14-8-12(24)10-3-1-2-4-13(10)26-14/h1-8H,(H,22,23,25). The van der Waals surface area contributed by atoms with E-state index in [4.69, 9.17) is 4.42 Å². The average molecular weight is 406 g/mol. The van der Waals surface area contributed by atoms with Crippen molar-refractivity contribution in [3.8, 4) is 5.75 Å². The number of anilines is 1. The number of thiazole rings is 1. The number of ether oxygens (including phenoxy) is 1. The van der Waals surface area contributed by atoms with Crippen LogP contribution in [0.25, 0.3) is 21.2 Å². The average Bonchev–Trinajstić information content (AvgIpc) is 3.01. The predicted molar refractivity (Wildman–Crippen MR) is 96.7 cm³/mol. The van der Waals surface area contributed by atoms with E-state index < -0.39 is 12.3 Å².